The van der Waals surface area contributed by atoms with Gasteiger partial charge < -0.3 is 10.5 Å². The van der Waals surface area contributed by atoms with Gasteiger partial charge in [0.2, 0.25) is 0 Å². The van der Waals surface area contributed by atoms with Gasteiger partial charge in [0.25, 0.3) is 0 Å². The molecule has 0 saturated heterocycles. The average molecular weight is 191 g/mol. The monoisotopic (exact) mass is 191 g/mol. The molecule has 1 atom stereocenters. The first-order valence-electron chi connectivity index (χ1n) is 5.02. The highest BCUT2D eigenvalue weighted by atomic mass is 16.5. The average Bonchev–Trinajstić information content (AvgIpc) is 2.46. The maximum atomic E-state index is 5.93. The van der Waals surface area contributed by atoms with Crippen molar-refractivity contribution in [3.05, 3.63) is 29.3 Å². The van der Waals surface area contributed by atoms with E-state index in [0.29, 0.717) is 6.61 Å². The van der Waals surface area contributed by atoms with Crippen molar-refractivity contribution in [2.24, 2.45) is 5.73 Å². The van der Waals surface area contributed by atoms with E-state index in [2.05, 4.69) is 39.0 Å². The molecule has 76 valence electrons. The van der Waals surface area contributed by atoms with Crippen LogP contribution in [0.1, 0.15) is 37.9 Å². The number of rotatable bonds is 0. The predicted molar refractivity (Wildman–Crippen MR) is 57.6 cm³/mol. The summed E-state index contributed by atoms with van der Waals surface area (Å²) in [5.74, 6) is 1.01. The minimum atomic E-state index is 0.0484. The number of fused-ring (bicyclic) bond motifs is 1. The van der Waals surface area contributed by atoms with E-state index in [-0.39, 0.29) is 11.5 Å². The molecule has 0 aromatic heterocycles. The molecule has 1 heterocycles. The second-order valence-corrected chi connectivity index (χ2v) is 4.89. The van der Waals surface area contributed by atoms with E-state index in [1.54, 1.807) is 0 Å². The van der Waals surface area contributed by atoms with Crippen LogP contribution >= 0.6 is 0 Å². The fourth-order valence-electron chi connectivity index (χ4n) is 1.86. The number of nitrogens with two attached hydrogens (primary N) is 1. The smallest absolute Gasteiger partial charge is 0.128 e. The number of hydrogen-bond donors (Lipinski definition) is 1. The van der Waals surface area contributed by atoms with Gasteiger partial charge in [-0.1, -0.05) is 39.0 Å². The Kier molecular flexibility index (Phi) is 2.04. The van der Waals surface area contributed by atoms with E-state index in [1.165, 1.54) is 5.56 Å². The summed E-state index contributed by atoms with van der Waals surface area (Å²) in [4.78, 5) is 0. The van der Waals surface area contributed by atoms with Gasteiger partial charge in [0.05, 0.1) is 6.04 Å². The molecule has 1 aromatic carbocycles. The molecule has 1 aromatic rings. The minimum Gasteiger partial charge on any atom is -0.491 e. The lowest BCUT2D eigenvalue weighted by Crippen LogP contribution is -2.12. The molecule has 0 amide bonds. The summed E-state index contributed by atoms with van der Waals surface area (Å²) in [6, 6.07) is 6.29. The lowest BCUT2D eigenvalue weighted by atomic mass is 9.85. The van der Waals surface area contributed by atoms with Crippen LogP contribution in [-0.4, -0.2) is 6.61 Å². The van der Waals surface area contributed by atoms with Crippen LogP contribution in [0, 0.1) is 0 Å². The van der Waals surface area contributed by atoms with Crippen molar-refractivity contribution in [1.82, 2.24) is 0 Å². The first-order chi connectivity index (χ1) is 6.50. The lowest BCUT2D eigenvalue weighted by Gasteiger charge is -2.21. The SMILES string of the molecule is CC(C)(C)c1cccc2c1OCC2N. The quantitative estimate of drug-likeness (QED) is 0.683. The Labute approximate surface area is 85.1 Å². The maximum absolute atomic E-state index is 5.93. The van der Waals surface area contributed by atoms with Crippen LogP contribution in [0.25, 0.3) is 0 Å². The predicted octanol–water partition coefficient (Wildman–Crippen LogP) is 2.38. The highest BCUT2D eigenvalue weighted by Gasteiger charge is 2.27. The summed E-state index contributed by atoms with van der Waals surface area (Å²) in [5.41, 5.74) is 8.46. The molecule has 0 fully saturated rings. The van der Waals surface area contributed by atoms with E-state index >= 15 is 0 Å². The van der Waals surface area contributed by atoms with Gasteiger partial charge in [-0.3, -0.25) is 0 Å². The third-order valence-corrected chi connectivity index (χ3v) is 2.66. The van der Waals surface area contributed by atoms with E-state index in [9.17, 15) is 0 Å². The third-order valence-electron chi connectivity index (χ3n) is 2.66. The van der Waals surface area contributed by atoms with Crippen LogP contribution in [0.3, 0.4) is 0 Å². The zero-order chi connectivity index (χ0) is 10.3. The van der Waals surface area contributed by atoms with Gasteiger partial charge in [-0.05, 0) is 11.0 Å². The Morgan fingerprint density at radius 3 is 2.71 bits per heavy atom. The highest BCUT2D eigenvalue weighted by molar-refractivity contribution is 5.48. The van der Waals surface area contributed by atoms with E-state index in [0.717, 1.165) is 11.3 Å². The van der Waals surface area contributed by atoms with Gasteiger partial charge in [0.1, 0.15) is 12.4 Å². The van der Waals surface area contributed by atoms with E-state index < -0.39 is 0 Å². The molecule has 1 aliphatic heterocycles. The van der Waals surface area contributed by atoms with Crippen molar-refractivity contribution in [1.29, 1.82) is 0 Å². The summed E-state index contributed by atoms with van der Waals surface area (Å²) in [6.07, 6.45) is 0. The van der Waals surface area contributed by atoms with Crippen molar-refractivity contribution in [2.75, 3.05) is 6.61 Å². The summed E-state index contributed by atoms with van der Waals surface area (Å²) >= 11 is 0. The van der Waals surface area contributed by atoms with Crippen molar-refractivity contribution in [2.45, 2.75) is 32.2 Å². The molecule has 14 heavy (non-hydrogen) atoms. The molecule has 2 nitrogen and oxygen atoms in total. The molecule has 0 radical (unpaired) electrons. The van der Waals surface area contributed by atoms with Gasteiger partial charge in [0, 0.05) is 5.56 Å². The minimum absolute atomic E-state index is 0.0484. The summed E-state index contributed by atoms with van der Waals surface area (Å²) in [7, 11) is 0. The van der Waals surface area contributed by atoms with Crippen molar-refractivity contribution in [3.63, 3.8) is 0 Å². The van der Waals surface area contributed by atoms with Gasteiger partial charge in [-0.15, -0.1) is 0 Å². The molecule has 0 spiro atoms. The first kappa shape index (κ1) is 9.53. The first-order valence-corrected chi connectivity index (χ1v) is 5.02. The largest absolute Gasteiger partial charge is 0.491 e. The van der Waals surface area contributed by atoms with Gasteiger partial charge in [0.15, 0.2) is 0 Å². The Hall–Kier alpha value is -1.02. The molecule has 0 saturated carbocycles. The molecule has 0 bridgehead atoms. The van der Waals surface area contributed by atoms with Crippen molar-refractivity contribution < 1.29 is 4.74 Å². The van der Waals surface area contributed by atoms with Crippen LogP contribution < -0.4 is 10.5 Å². The van der Waals surface area contributed by atoms with Gasteiger partial charge in [-0.2, -0.15) is 0 Å². The molecule has 2 rings (SSSR count). The van der Waals surface area contributed by atoms with Gasteiger partial charge >= 0.3 is 0 Å². The Morgan fingerprint density at radius 1 is 1.36 bits per heavy atom. The molecule has 2 heteroatoms. The maximum Gasteiger partial charge on any atom is 0.128 e. The summed E-state index contributed by atoms with van der Waals surface area (Å²) in [6.45, 7) is 7.18. The fraction of sp³-hybridized carbons (Fsp3) is 0.500. The number of para-hydroxylation sites is 1. The zero-order valence-electron chi connectivity index (χ0n) is 9.00. The topological polar surface area (TPSA) is 35.2 Å². The Bertz CT molecular complexity index is 352. The van der Waals surface area contributed by atoms with Crippen molar-refractivity contribution in [3.8, 4) is 5.75 Å². The number of benzene rings is 1. The van der Waals surface area contributed by atoms with Gasteiger partial charge in [-0.25, -0.2) is 0 Å². The van der Waals surface area contributed by atoms with Crippen LogP contribution in [0.5, 0.6) is 5.75 Å². The molecular formula is C12H17NO. The molecule has 0 aliphatic carbocycles. The Balaban J connectivity index is 2.55. The van der Waals surface area contributed by atoms with Crippen LogP contribution in [0.4, 0.5) is 0 Å². The van der Waals surface area contributed by atoms with Crippen molar-refractivity contribution >= 4 is 0 Å². The normalized spacial score (nSPS) is 20.4. The molecular weight excluding hydrogens is 174 g/mol. The van der Waals surface area contributed by atoms with Crippen LogP contribution in [0.15, 0.2) is 18.2 Å². The molecule has 1 unspecified atom stereocenters. The summed E-state index contributed by atoms with van der Waals surface area (Å²) < 4.78 is 5.64. The fourth-order valence-corrected chi connectivity index (χ4v) is 1.86. The Morgan fingerprint density at radius 2 is 2.07 bits per heavy atom. The highest BCUT2D eigenvalue weighted by Crippen LogP contribution is 2.39. The second kappa shape index (κ2) is 2.99. The zero-order valence-corrected chi connectivity index (χ0v) is 9.00. The standard InChI is InChI=1S/C12H17NO/c1-12(2,3)9-6-4-5-8-10(13)7-14-11(8)9/h4-6,10H,7,13H2,1-3H3. The van der Waals surface area contributed by atoms with E-state index in [1.807, 2.05) is 0 Å². The van der Waals surface area contributed by atoms with Crippen LogP contribution in [-0.2, 0) is 5.41 Å². The summed E-state index contributed by atoms with van der Waals surface area (Å²) in [5, 5.41) is 0. The van der Waals surface area contributed by atoms with E-state index in [4.69, 9.17) is 10.5 Å². The second-order valence-electron chi connectivity index (χ2n) is 4.89. The lowest BCUT2D eigenvalue weighted by molar-refractivity contribution is 0.325. The molecule has 1 aliphatic rings. The number of hydrogen-bond acceptors (Lipinski definition) is 2. The number of ether oxygens (including phenoxy) is 1. The van der Waals surface area contributed by atoms with Crippen LogP contribution in [0.2, 0.25) is 0 Å². The third kappa shape index (κ3) is 1.40. The molecule has 2 N–H and O–H groups in total.